The van der Waals surface area contributed by atoms with E-state index in [4.69, 9.17) is 16.3 Å². The average Bonchev–Trinajstić information content (AvgIpc) is 3.20. The van der Waals surface area contributed by atoms with E-state index in [0.29, 0.717) is 10.6 Å². The summed E-state index contributed by atoms with van der Waals surface area (Å²) in [5, 5.41) is 0.686. The standard InChI is InChI=1S/C16H13ClO2/c1-10-2-4-11(5-3-10)14(18)16-15(19-16)12-6-8-13(17)9-7-12/h2-9,15-16H,1H3. The molecule has 2 aromatic carbocycles. The SMILES string of the molecule is Cc1ccc(C(=O)C2OC2c2ccc(Cl)cc2)cc1. The van der Waals surface area contributed by atoms with Crippen LogP contribution < -0.4 is 0 Å². The molecule has 1 aliphatic heterocycles. The lowest BCUT2D eigenvalue weighted by Gasteiger charge is -1.99. The molecule has 0 aromatic heterocycles. The lowest BCUT2D eigenvalue weighted by Crippen LogP contribution is -2.08. The molecule has 0 spiro atoms. The molecule has 3 heteroatoms. The average molecular weight is 273 g/mol. The van der Waals surface area contributed by atoms with Gasteiger partial charge in [-0.1, -0.05) is 53.6 Å². The van der Waals surface area contributed by atoms with Gasteiger partial charge in [0, 0.05) is 10.6 Å². The van der Waals surface area contributed by atoms with Gasteiger partial charge in [0.15, 0.2) is 11.9 Å². The molecule has 96 valence electrons. The van der Waals surface area contributed by atoms with E-state index in [-0.39, 0.29) is 18.0 Å². The highest BCUT2D eigenvalue weighted by Crippen LogP contribution is 2.40. The van der Waals surface area contributed by atoms with E-state index in [2.05, 4.69) is 0 Å². The fourth-order valence-electron chi connectivity index (χ4n) is 2.10. The molecule has 0 N–H and O–H groups in total. The van der Waals surface area contributed by atoms with Crippen molar-refractivity contribution in [2.45, 2.75) is 19.1 Å². The molecule has 1 heterocycles. The zero-order valence-corrected chi connectivity index (χ0v) is 11.2. The van der Waals surface area contributed by atoms with E-state index < -0.39 is 0 Å². The number of Topliss-reactive ketones (excluding diaryl/α,β-unsaturated/α-hetero) is 1. The Morgan fingerprint density at radius 2 is 1.68 bits per heavy atom. The summed E-state index contributed by atoms with van der Waals surface area (Å²) in [6.07, 6.45) is -0.491. The van der Waals surface area contributed by atoms with E-state index in [1.807, 2.05) is 55.5 Å². The number of rotatable bonds is 3. The smallest absolute Gasteiger partial charge is 0.194 e. The van der Waals surface area contributed by atoms with Crippen molar-refractivity contribution < 1.29 is 9.53 Å². The summed E-state index contributed by atoms with van der Waals surface area (Å²) in [5.41, 5.74) is 2.84. The Bertz CT molecular complexity index is 602. The lowest BCUT2D eigenvalue weighted by molar-refractivity contribution is 0.0953. The second kappa shape index (κ2) is 4.80. The van der Waals surface area contributed by atoms with E-state index in [9.17, 15) is 4.79 Å². The summed E-state index contributed by atoms with van der Waals surface area (Å²) in [5.74, 6) is 0.0416. The summed E-state index contributed by atoms with van der Waals surface area (Å²) < 4.78 is 5.50. The van der Waals surface area contributed by atoms with Crippen molar-refractivity contribution in [2.24, 2.45) is 0 Å². The Labute approximate surface area is 117 Å². The molecule has 0 saturated carbocycles. The monoisotopic (exact) mass is 272 g/mol. The third kappa shape index (κ3) is 2.55. The molecule has 0 amide bonds. The van der Waals surface area contributed by atoms with E-state index in [1.165, 1.54) is 0 Å². The molecule has 2 atom stereocenters. The highest BCUT2D eigenvalue weighted by atomic mass is 35.5. The lowest BCUT2D eigenvalue weighted by atomic mass is 10.0. The summed E-state index contributed by atoms with van der Waals surface area (Å²) in [4.78, 5) is 12.2. The number of epoxide rings is 1. The fraction of sp³-hybridized carbons (Fsp3) is 0.188. The van der Waals surface area contributed by atoms with Crippen LogP contribution >= 0.6 is 11.6 Å². The number of hydrogen-bond acceptors (Lipinski definition) is 2. The van der Waals surface area contributed by atoms with Gasteiger partial charge in [0.05, 0.1) is 0 Å². The van der Waals surface area contributed by atoms with Crippen molar-refractivity contribution in [1.82, 2.24) is 0 Å². The van der Waals surface area contributed by atoms with Gasteiger partial charge in [0.1, 0.15) is 6.10 Å². The quantitative estimate of drug-likeness (QED) is 0.625. The molecule has 0 radical (unpaired) electrons. The van der Waals surface area contributed by atoms with Crippen LogP contribution in [0.25, 0.3) is 0 Å². The van der Waals surface area contributed by atoms with Crippen LogP contribution in [0.2, 0.25) is 5.02 Å². The third-order valence-electron chi connectivity index (χ3n) is 3.28. The number of hydrogen-bond donors (Lipinski definition) is 0. The van der Waals surface area contributed by atoms with Gasteiger partial charge in [0.2, 0.25) is 0 Å². The van der Waals surface area contributed by atoms with E-state index in [1.54, 1.807) is 0 Å². The largest absolute Gasteiger partial charge is 0.356 e. The molecule has 2 unspecified atom stereocenters. The Hall–Kier alpha value is -1.64. The first kappa shape index (κ1) is 12.4. The summed E-state index contributed by atoms with van der Waals surface area (Å²) in [6, 6.07) is 15.0. The first-order valence-electron chi connectivity index (χ1n) is 6.17. The van der Waals surface area contributed by atoms with Crippen molar-refractivity contribution in [3.63, 3.8) is 0 Å². The number of halogens is 1. The maximum Gasteiger partial charge on any atom is 0.194 e. The zero-order valence-electron chi connectivity index (χ0n) is 10.5. The maximum absolute atomic E-state index is 12.2. The van der Waals surface area contributed by atoms with Gasteiger partial charge >= 0.3 is 0 Å². The maximum atomic E-state index is 12.2. The van der Waals surface area contributed by atoms with Gasteiger partial charge < -0.3 is 4.74 Å². The van der Waals surface area contributed by atoms with Crippen LogP contribution in [0.15, 0.2) is 48.5 Å². The minimum absolute atomic E-state index is 0.0416. The predicted molar refractivity (Wildman–Crippen MR) is 74.6 cm³/mol. The van der Waals surface area contributed by atoms with Crippen molar-refractivity contribution in [2.75, 3.05) is 0 Å². The van der Waals surface area contributed by atoms with Crippen molar-refractivity contribution in [3.05, 3.63) is 70.2 Å². The topological polar surface area (TPSA) is 29.6 Å². The number of carbonyl (C=O) groups is 1. The van der Waals surface area contributed by atoms with E-state index >= 15 is 0 Å². The van der Waals surface area contributed by atoms with Crippen LogP contribution in [-0.4, -0.2) is 11.9 Å². The number of ether oxygens (including phenoxy) is 1. The molecule has 0 bridgehead atoms. The van der Waals surface area contributed by atoms with Crippen LogP contribution in [0.3, 0.4) is 0 Å². The van der Waals surface area contributed by atoms with Gasteiger partial charge in [0.25, 0.3) is 0 Å². The van der Waals surface area contributed by atoms with Crippen molar-refractivity contribution in [1.29, 1.82) is 0 Å². The highest BCUT2D eigenvalue weighted by molar-refractivity contribution is 6.30. The molecule has 0 aliphatic carbocycles. The molecule has 1 aliphatic rings. The molecule has 1 fully saturated rings. The second-order valence-electron chi connectivity index (χ2n) is 4.76. The minimum atomic E-state index is -0.358. The van der Waals surface area contributed by atoms with Gasteiger partial charge in [-0.25, -0.2) is 0 Å². The molecular weight excluding hydrogens is 260 g/mol. The zero-order chi connectivity index (χ0) is 13.4. The minimum Gasteiger partial charge on any atom is -0.356 e. The van der Waals surface area contributed by atoms with Crippen LogP contribution in [-0.2, 0) is 4.74 Å². The van der Waals surface area contributed by atoms with Gasteiger partial charge in [-0.15, -0.1) is 0 Å². The highest BCUT2D eigenvalue weighted by Gasteiger charge is 2.46. The predicted octanol–water partition coefficient (Wildman–Crippen LogP) is 3.97. The fourth-order valence-corrected chi connectivity index (χ4v) is 2.23. The number of ketones is 1. The van der Waals surface area contributed by atoms with Crippen molar-refractivity contribution in [3.8, 4) is 0 Å². The molecule has 1 saturated heterocycles. The normalized spacial score (nSPS) is 21.2. The first-order valence-corrected chi connectivity index (χ1v) is 6.55. The van der Waals surface area contributed by atoms with Crippen LogP contribution in [0, 0.1) is 6.92 Å². The van der Waals surface area contributed by atoms with Crippen LogP contribution in [0.4, 0.5) is 0 Å². The Morgan fingerprint density at radius 3 is 2.32 bits per heavy atom. The first-order chi connectivity index (χ1) is 9.15. The van der Waals surface area contributed by atoms with Crippen LogP contribution in [0.5, 0.6) is 0 Å². The van der Waals surface area contributed by atoms with Crippen LogP contribution in [0.1, 0.15) is 27.6 Å². The number of carbonyl (C=O) groups excluding carboxylic acids is 1. The Morgan fingerprint density at radius 1 is 1.05 bits per heavy atom. The summed E-state index contributed by atoms with van der Waals surface area (Å²) in [7, 11) is 0. The van der Waals surface area contributed by atoms with E-state index in [0.717, 1.165) is 11.1 Å². The van der Waals surface area contributed by atoms with Gasteiger partial charge in [-0.05, 0) is 24.6 Å². The molecule has 19 heavy (non-hydrogen) atoms. The van der Waals surface area contributed by atoms with Gasteiger partial charge in [-0.2, -0.15) is 0 Å². The van der Waals surface area contributed by atoms with Crippen molar-refractivity contribution >= 4 is 17.4 Å². The number of benzene rings is 2. The number of aryl methyl sites for hydroxylation is 1. The molecule has 2 aromatic rings. The molecular formula is C16H13ClO2. The molecule has 2 nitrogen and oxygen atoms in total. The Balaban J connectivity index is 1.74. The Kier molecular flexibility index (Phi) is 3.13. The summed E-state index contributed by atoms with van der Waals surface area (Å²) in [6.45, 7) is 2.00. The van der Waals surface area contributed by atoms with Gasteiger partial charge in [-0.3, -0.25) is 4.79 Å². The summed E-state index contributed by atoms with van der Waals surface area (Å²) >= 11 is 5.84. The second-order valence-corrected chi connectivity index (χ2v) is 5.20. The molecule has 3 rings (SSSR count). The third-order valence-corrected chi connectivity index (χ3v) is 3.54.